The summed E-state index contributed by atoms with van der Waals surface area (Å²) in [5.74, 6) is -1.55. The van der Waals surface area contributed by atoms with E-state index in [0.29, 0.717) is 30.2 Å². The third-order valence-corrected chi connectivity index (χ3v) is 6.54. The predicted octanol–water partition coefficient (Wildman–Crippen LogP) is 1.61. The second-order valence-corrected chi connectivity index (χ2v) is 9.54. The topological polar surface area (TPSA) is 102 Å². The minimum Gasteiger partial charge on any atom is -0.396 e. The third kappa shape index (κ3) is 7.20. The molecule has 1 saturated heterocycles. The molecule has 0 radical (unpaired) electrons. The number of benzene rings is 2. The van der Waals surface area contributed by atoms with Gasteiger partial charge < -0.3 is 20.8 Å². The summed E-state index contributed by atoms with van der Waals surface area (Å²) in [5.41, 5.74) is 7.91. The van der Waals surface area contributed by atoms with E-state index in [1.165, 1.54) is 11.1 Å². The molecule has 2 aromatic carbocycles. The van der Waals surface area contributed by atoms with E-state index < -0.39 is 24.0 Å². The van der Waals surface area contributed by atoms with Crippen molar-refractivity contribution in [2.75, 3.05) is 40.4 Å². The van der Waals surface area contributed by atoms with E-state index in [4.69, 9.17) is 22.2 Å². The summed E-state index contributed by atoms with van der Waals surface area (Å²) in [5, 5.41) is 21.1. The van der Waals surface area contributed by atoms with Gasteiger partial charge in [-0.05, 0) is 37.4 Å². The number of aliphatic hydroxyl groups is 2. The maximum absolute atomic E-state index is 14.4. The number of hydrogen-bond donors (Lipinski definition) is 3. The van der Waals surface area contributed by atoms with Gasteiger partial charge >= 0.3 is 0 Å². The van der Waals surface area contributed by atoms with E-state index >= 15 is 0 Å². The summed E-state index contributed by atoms with van der Waals surface area (Å²) in [6.07, 6.45) is -0.701. The van der Waals surface area contributed by atoms with Crippen LogP contribution in [0.1, 0.15) is 16.7 Å². The Morgan fingerprint density at radius 3 is 2.46 bits per heavy atom. The fraction of sp³-hybridized carbons (Fsp3) is 0.480. The first kappa shape index (κ1) is 27.5. The highest BCUT2D eigenvalue weighted by atomic mass is 35.5. The van der Waals surface area contributed by atoms with Crippen LogP contribution < -0.4 is 5.73 Å². The first-order valence-corrected chi connectivity index (χ1v) is 11.9. The van der Waals surface area contributed by atoms with Gasteiger partial charge in [0.15, 0.2) is 0 Å². The fourth-order valence-electron chi connectivity index (χ4n) is 4.34. The van der Waals surface area contributed by atoms with Crippen LogP contribution in [0.4, 0.5) is 4.39 Å². The fourth-order valence-corrected chi connectivity index (χ4v) is 4.56. The van der Waals surface area contributed by atoms with Gasteiger partial charge in [-0.25, -0.2) is 4.39 Å². The van der Waals surface area contributed by atoms with Crippen LogP contribution >= 0.6 is 11.6 Å². The van der Waals surface area contributed by atoms with Crippen molar-refractivity contribution in [3.63, 3.8) is 0 Å². The lowest BCUT2D eigenvalue weighted by Gasteiger charge is -2.26. The van der Waals surface area contributed by atoms with Crippen molar-refractivity contribution < 1.29 is 24.2 Å². The number of rotatable bonds is 12. The molecule has 3 unspecified atom stereocenters. The summed E-state index contributed by atoms with van der Waals surface area (Å²) in [4.78, 5) is 22.0. The Morgan fingerprint density at radius 2 is 1.83 bits per heavy atom. The van der Waals surface area contributed by atoms with Crippen LogP contribution in [0, 0.1) is 11.7 Å². The highest BCUT2D eigenvalue weighted by molar-refractivity contribution is 6.31. The number of amides is 1. The number of nitrogens with two attached hydrogens (primary N) is 1. The molecule has 10 heteroatoms. The second kappa shape index (κ2) is 12.7. The third-order valence-electron chi connectivity index (χ3n) is 6.19. The first-order valence-electron chi connectivity index (χ1n) is 11.6. The molecule has 1 fully saturated rings. The number of halogens is 2. The van der Waals surface area contributed by atoms with Gasteiger partial charge in [-0.2, -0.15) is 5.06 Å². The molecule has 3 rings (SSSR count). The van der Waals surface area contributed by atoms with E-state index in [9.17, 15) is 19.4 Å². The molecule has 192 valence electrons. The Kier molecular flexibility index (Phi) is 9.99. The lowest BCUT2D eigenvalue weighted by molar-refractivity contribution is -0.180. The Bertz CT molecular complexity index is 975. The highest BCUT2D eigenvalue weighted by Crippen LogP contribution is 2.29. The van der Waals surface area contributed by atoms with E-state index in [2.05, 4.69) is 9.80 Å². The Hall–Kier alpha value is -2.11. The standard InChI is InChI=1S/C25H34ClFN4O4/c1-29(2)9-10-30(14-19-21(26)7-4-8-22(19)27)12-17-5-3-6-18(11-17)13-31-24(25(28)34)20(15-32)23(16-33)35-31/h3-8,11,20,23-24,32-33H,9-10,12-16H2,1-2H3,(H2,28,34). The molecule has 4 N–H and O–H groups in total. The van der Waals surface area contributed by atoms with E-state index in [0.717, 1.165) is 17.7 Å². The van der Waals surface area contributed by atoms with E-state index in [1.807, 2.05) is 38.4 Å². The molecule has 2 aromatic rings. The number of carbonyl (C=O) groups is 1. The van der Waals surface area contributed by atoms with Crippen LogP contribution in [0.5, 0.6) is 0 Å². The van der Waals surface area contributed by atoms with Crippen LogP contribution in [0.15, 0.2) is 42.5 Å². The smallest absolute Gasteiger partial charge is 0.237 e. The number of hydroxylamine groups is 2. The number of aliphatic hydroxyl groups excluding tert-OH is 2. The molecule has 8 nitrogen and oxygen atoms in total. The molecule has 0 aromatic heterocycles. The number of nitrogens with zero attached hydrogens (tertiary/aromatic N) is 3. The van der Waals surface area contributed by atoms with Crippen molar-refractivity contribution in [1.82, 2.24) is 14.9 Å². The highest BCUT2D eigenvalue weighted by Gasteiger charge is 2.45. The average Bonchev–Trinajstić information content (AvgIpc) is 3.17. The van der Waals surface area contributed by atoms with Crippen LogP contribution in [0.3, 0.4) is 0 Å². The molecule has 0 bridgehead atoms. The predicted molar refractivity (Wildman–Crippen MR) is 132 cm³/mol. The van der Waals surface area contributed by atoms with Crippen molar-refractivity contribution in [3.8, 4) is 0 Å². The van der Waals surface area contributed by atoms with Crippen molar-refractivity contribution in [2.24, 2.45) is 11.7 Å². The minimum atomic E-state index is -0.847. The summed E-state index contributed by atoms with van der Waals surface area (Å²) in [6, 6.07) is 11.6. The van der Waals surface area contributed by atoms with Gasteiger partial charge in [0.2, 0.25) is 5.91 Å². The molecule has 0 spiro atoms. The number of likely N-dealkylation sites (N-methyl/N-ethyl adjacent to an activating group) is 1. The monoisotopic (exact) mass is 508 g/mol. The molecule has 1 heterocycles. The lowest BCUT2D eigenvalue weighted by Crippen LogP contribution is -2.44. The van der Waals surface area contributed by atoms with Gasteiger partial charge in [-0.1, -0.05) is 41.9 Å². The zero-order chi connectivity index (χ0) is 25.5. The molecule has 35 heavy (non-hydrogen) atoms. The Labute approximate surface area is 210 Å². The van der Waals surface area contributed by atoms with Crippen molar-refractivity contribution in [3.05, 3.63) is 70.0 Å². The van der Waals surface area contributed by atoms with Crippen molar-refractivity contribution in [2.45, 2.75) is 31.8 Å². The molecule has 1 aliphatic heterocycles. The zero-order valence-electron chi connectivity index (χ0n) is 20.1. The van der Waals surface area contributed by atoms with Crippen molar-refractivity contribution in [1.29, 1.82) is 0 Å². The molecular weight excluding hydrogens is 475 g/mol. The second-order valence-electron chi connectivity index (χ2n) is 9.13. The van der Waals surface area contributed by atoms with Gasteiger partial charge in [0.1, 0.15) is 18.0 Å². The maximum atomic E-state index is 14.4. The van der Waals surface area contributed by atoms with E-state index in [-0.39, 0.29) is 25.6 Å². The van der Waals surface area contributed by atoms with Gasteiger partial charge in [0.25, 0.3) is 0 Å². The summed E-state index contributed by atoms with van der Waals surface area (Å²) in [7, 11) is 3.97. The molecule has 0 saturated carbocycles. The number of primary amides is 1. The molecule has 1 aliphatic rings. The molecule has 3 atom stereocenters. The van der Waals surface area contributed by atoms with Crippen LogP contribution in [-0.2, 0) is 29.3 Å². The normalized spacial score (nSPS) is 20.7. The summed E-state index contributed by atoms with van der Waals surface area (Å²) >= 11 is 6.28. The van der Waals surface area contributed by atoms with Gasteiger partial charge in [-0.15, -0.1) is 0 Å². The molecule has 1 amide bonds. The minimum absolute atomic E-state index is 0.255. The van der Waals surface area contributed by atoms with Crippen LogP contribution in [-0.4, -0.2) is 83.5 Å². The Morgan fingerprint density at radius 1 is 1.11 bits per heavy atom. The van der Waals surface area contributed by atoms with Crippen LogP contribution in [0.2, 0.25) is 5.02 Å². The SMILES string of the molecule is CN(C)CCN(Cc1cccc(CN2OC(CO)C(CO)C2C(N)=O)c1)Cc1c(F)cccc1Cl. The summed E-state index contributed by atoms with van der Waals surface area (Å²) < 4.78 is 14.4. The molecular formula is C25H34ClFN4O4. The lowest BCUT2D eigenvalue weighted by atomic mass is 9.95. The van der Waals surface area contributed by atoms with Gasteiger partial charge in [0, 0.05) is 42.7 Å². The Balaban J connectivity index is 1.77. The van der Waals surface area contributed by atoms with Gasteiger partial charge in [-0.3, -0.25) is 14.5 Å². The average molecular weight is 509 g/mol. The maximum Gasteiger partial charge on any atom is 0.237 e. The van der Waals surface area contributed by atoms with Gasteiger partial charge in [0.05, 0.1) is 19.8 Å². The van der Waals surface area contributed by atoms with Crippen LogP contribution in [0.25, 0.3) is 0 Å². The first-order chi connectivity index (χ1) is 16.7. The molecule has 0 aliphatic carbocycles. The van der Waals surface area contributed by atoms with E-state index in [1.54, 1.807) is 12.1 Å². The number of hydrogen-bond acceptors (Lipinski definition) is 7. The summed E-state index contributed by atoms with van der Waals surface area (Å²) in [6.45, 7) is 2.02. The quantitative estimate of drug-likeness (QED) is 0.400. The number of carbonyl (C=O) groups excluding carboxylic acids is 1. The largest absolute Gasteiger partial charge is 0.396 e. The van der Waals surface area contributed by atoms with Crippen molar-refractivity contribution >= 4 is 17.5 Å². The zero-order valence-corrected chi connectivity index (χ0v) is 20.9.